The number of H-pyrrole nitrogens is 1. The van der Waals surface area contributed by atoms with Crippen molar-refractivity contribution in [3.05, 3.63) is 58.3 Å². The van der Waals surface area contributed by atoms with E-state index in [0.29, 0.717) is 16.0 Å². The van der Waals surface area contributed by atoms with Crippen LogP contribution >= 0.6 is 23.2 Å². The number of halogens is 2. The number of benzene rings is 2. The van der Waals surface area contributed by atoms with Crippen molar-refractivity contribution in [1.29, 1.82) is 0 Å². The lowest BCUT2D eigenvalue weighted by atomic mass is 9.89. The van der Waals surface area contributed by atoms with Crippen LogP contribution in [-0.4, -0.2) is 15.0 Å². The number of para-hydroxylation sites is 1. The number of hydrogen-bond donors (Lipinski definition) is 2. The van der Waals surface area contributed by atoms with E-state index < -0.39 is 0 Å². The van der Waals surface area contributed by atoms with E-state index in [1.165, 1.54) is 32.1 Å². The summed E-state index contributed by atoms with van der Waals surface area (Å²) >= 11 is 12.2. The summed E-state index contributed by atoms with van der Waals surface area (Å²) in [5, 5.41) is 5.51. The third-order valence-corrected chi connectivity index (χ3v) is 6.26. The number of nitrogens with zero attached hydrogens (tertiary/aromatic N) is 2. The molecule has 1 aliphatic carbocycles. The summed E-state index contributed by atoms with van der Waals surface area (Å²) < 4.78 is 0. The van der Waals surface area contributed by atoms with Crippen LogP contribution in [0.25, 0.3) is 21.9 Å². The Balaban J connectivity index is 1.65. The molecule has 0 amide bonds. The van der Waals surface area contributed by atoms with Crippen molar-refractivity contribution in [3.63, 3.8) is 0 Å². The minimum atomic E-state index is 0.498. The maximum Gasteiger partial charge on any atom is 0.157 e. The van der Waals surface area contributed by atoms with Crippen molar-refractivity contribution in [2.24, 2.45) is 0 Å². The molecular weight excluding hydrogens is 391 g/mol. The molecule has 0 bridgehead atoms. The molecule has 0 aliphatic heterocycles. The zero-order chi connectivity index (χ0) is 19.1. The number of nitrogens with one attached hydrogen (secondary N) is 2. The number of imidazole rings is 1. The van der Waals surface area contributed by atoms with E-state index in [0.717, 1.165) is 39.3 Å². The highest BCUT2D eigenvalue weighted by molar-refractivity contribution is 6.42. The Morgan fingerprint density at radius 3 is 2.57 bits per heavy atom. The van der Waals surface area contributed by atoms with Gasteiger partial charge in [0.1, 0.15) is 16.9 Å². The van der Waals surface area contributed by atoms with E-state index in [-0.39, 0.29) is 0 Å². The fourth-order valence-electron chi connectivity index (χ4n) is 4.08. The highest BCUT2D eigenvalue weighted by Crippen LogP contribution is 2.36. The van der Waals surface area contributed by atoms with Crippen LogP contribution in [-0.2, 0) is 0 Å². The van der Waals surface area contributed by atoms with Crippen molar-refractivity contribution in [2.75, 3.05) is 5.32 Å². The van der Waals surface area contributed by atoms with Crippen LogP contribution in [0.4, 0.5) is 11.5 Å². The quantitative estimate of drug-likeness (QED) is 0.375. The first-order chi connectivity index (χ1) is 13.7. The number of aromatic nitrogens is 3. The molecule has 28 heavy (non-hydrogen) atoms. The summed E-state index contributed by atoms with van der Waals surface area (Å²) in [7, 11) is 0. The molecule has 0 unspecified atom stereocenters. The SMILES string of the molecule is Clc1ccc(Nc2nc3ccccc3c3nc(C4CCCCC4)[nH]c23)cc1Cl. The lowest BCUT2D eigenvalue weighted by Gasteiger charge is -2.19. The number of aromatic amines is 1. The second-order valence-corrected chi connectivity index (χ2v) is 8.23. The van der Waals surface area contributed by atoms with Gasteiger partial charge in [0.25, 0.3) is 0 Å². The molecule has 0 atom stereocenters. The maximum atomic E-state index is 6.19. The molecule has 5 rings (SSSR count). The Kier molecular flexibility index (Phi) is 4.61. The van der Waals surface area contributed by atoms with E-state index in [2.05, 4.69) is 16.4 Å². The highest BCUT2D eigenvalue weighted by atomic mass is 35.5. The van der Waals surface area contributed by atoms with Crippen molar-refractivity contribution in [3.8, 4) is 0 Å². The first kappa shape index (κ1) is 17.8. The average Bonchev–Trinajstić information content (AvgIpc) is 3.18. The lowest BCUT2D eigenvalue weighted by Crippen LogP contribution is -2.06. The summed E-state index contributed by atoms with van der Waals surface area (Å²) in [5.41, 5.74) is 3.66. The van der Waals surface area contributed by atoms with Crippen LogP contribution in [0.2, 0.25) is 10.0 Å². The van der Waals surface area contributed by atoms with E-state index in [1.807, 2.05) is 30.3 Å². The predicted molar refractivity (Wildman–Crippen MR) is 117 cm³/mol. The maximum absolute atomic E-state index is 6.19. The number of pyridine rings is 1. The molecule has 0 spiro atoms. The van der Waals surface area contributed by atoms with E-state index in [1.54, 1.807) is 6.07 Å². The second kappa shape index (κ2) is 7.26. The molecule has 1 saturated carbocycles. The zero-order valence-corrected chi connectivity index (χ0v) is 16.8. The molecule has 2 N–H and O–H groups in total. The van der Waals surface area contributed by atoms with Crippen LogP contribution in [0.15, 0.2) is 42.5 Å². The average molecular weight is 411 g/mol. The molecule has 142 valence electrons. The Morgan fingerprint density at radius 1 is 0.929 bits per heavy atom. The van der Waals surface area contributed by atoms with Crippen molar-refractivity contribution >= 4 is 56.6 Å². The molecule has 4 nitrogen and oxygen atoms in total. The topological polar surface area (TPSA) is 53.6 Å². The number of rotatable bonds is 3. The fraction of sp³-hybridized carbons (Fsp3) is 0.273. The standard InChI is InChI=1S/C22H20Cl2N4/c23-16-11-10-14(12-17(16)24)25-22-20-19(15-8-4-5-9-18(15)26-22)27-21(28-20)13-6-2-1-3-7-13/h4-5,8-13H,1-3,6-7H2,(H,25,26)(H,27,28). The van der Waals surface area contributed by atoms with Crippen LogP contribution in [0.3, 0.4) is 0 Å². The third kappa shape index (κ3) is 3.21. The van der Waals surface area contributed by atoms with Gasteiger partial charge in [-0.3, -0.25) is 0 Å². The Bertz CT molecular complexity index is 1160. The summed E-state index contributed by atoms with van der Waals surface area (Å²) in [4.78, 5) is 13.4. The lowest BCUT2D eigenvalue weighted by molar-refractivity contribution is 0.431. The molecule has 2 aromatic heterocycles. The van der Waals surface area contributed by atoms with Gasteiger partial charge in [0.05, 0.1) is 15.6 Å². The van der Waals surface area contributed by atoms with Gasteiger partial charge in [-0.1, -0.05) is 60.7 Å². The molecule has 1 aliphatic rings. The first-order valence-corrected chi connectivity index (χ1v) is 10.4. The van der Waals surface area contributed by atoms with Gasteiger partial charge in [-0.2, -0.15) is 0 Å². The highest BCUT2D eigenvalue weighted by Gasteiger charge is 2.21. The van der Waals surface area contributed by atoms with Gasteiger partial charge in [-0.05, 0) is 37.1 Å². The monoisotopic (exact) mass is 410 g/mol. The van der Waals surface area contributed by atoms with Gasteiger partial charge >= 0.3 is 0 Å². The molecule has 2 heterocycles. The number of hydrogen-bond acceptors (Lipinski definition) is 3. The molecule has 0 radical (unpaired) electrons. The normalized spacial score (nSPS) is 15.4. The number of anilines is 2. The number of fused-ring (bicyclic) bond motifs is 3. The molecule has 6 heteroatoms. The van der Waals surface area contributed by atoms with E-state index >= 15 is 0 Å². The molecule has 1 fully saturated rings. The minimum absolute atomic E-state index is 0.498. The van der Waals surface area contributed by atoms with Gasteiger partial charge < -0.3 is 10.3 Å². The summed E-state index contributed by atoms with van der Waals surface area (Å²) in [6.07, 6.45) is 6.26. The molecule has 4 aromatic rings. The Hall–Kier alpha value is -2.30. The van der Waals surface area contributed by atoms with Gasteiger partial charge in [-0.15, -0.1) is 0 Å². The first-order valence-electron chi connectivity index (χ1n) is 9.69. The second-order valence-electron chi connectivity index (χ2n) is 7.41. The summed E-state index contributed by atoms with van der Waals surface area (Å²) in [6.45, 7) is 0. The van der Waals surface area contributed by atoms with Crippen LogP contribution in [0.5, 0.6) is 0 Å². The van der Waals surface area contributed by atoms with E-state index in [9.17, 15) is 0 Å². The smallest absolute Gasteiger partial charge is 0.157 e. The molecule has 2 aromatic carbocycles. The molecular formula is C22H20Cl2N4. The minimum Gasteiger partial charge on any atom is -0.339 e. The van der Waals surface area contributed by atoms with Crippen LogP contribution in [0.1, 0.15) is 43.8 Å². The molecule has 0 saturated heterocycles. The fourth-order valence-corrected chi connectivity index (χ4v) is 4.37. The van der Waals surface area contributed by atoms with Crippen molar-refractivity contribution in [1.82, 2.24) is 15.0 Å². The largest absolute Gasteiger partial charge is 0.339 e. The third-order valence-electron chi connectivity index (χ3n) is 5.52. The summed E-state index contributed by atoms with van der Waals surface area (Å²) in [6, 6.07) is 13.6. The summed E-state index contributed by atoms with van der Waals surface area (Å²) in [5.74, 6) is 2.32. The Labute approximate surface area is 173 Å². The van der Waals surface area contributed by atoms with Crippen molar-refractivity contribution < 1.29 is 0 Å². The zero-order valence-electron chi connectivity index (χ0n) is 15.3. The van der Waals surface area contributed by atoms with Crippen LogP contribution in [0, 0.1) is 0 Å². The van der Waals surface area contributed by atoms with Gasteiger partial charge in [0.15, 0.2) is 5.82 Å². The van der Waals surface area contributed by atoms with Crippen LogP contribution < -0.4 is 5.32 Å². The van der Waals surface area contributed by atoms with Gasteiger partial charge in [-0.25, -0.2) is 9.97 Å². The van der Waals surface area contributed by atoms with E-state index in [4.69, 9.17) is 33.2 Å². The van der Waals surface area contributed by atoms with Gasteiger partial charge in [0.2, 0.25) is 0 Å². The Morgan fingerprint density at radius 2 is 1.75 bits per heavy atom. The van der Waals surface area contributed by atoms with Gasteiger partial charge in [0, 0.05) is 17.0 Å². The predicted octanol–water partition coefficient (Wildman–Crippen LogP) is 7.21. The van der Waals surface area contributed by atoms with Crippen molar-refractivity contribution in [2.45, 2.75) is 38.0 Å².